The van der Waals surface area contributed by atoms with E-state index in [0.717, 1.165) is 30.8 Å². The third kappa shape index (κ3) is 7.49. The lowest BCUT2D eigenvalue weighted by atomic mass is 10.0. The Kier molecular flexibility index (Phi) is 11.0. The first-order valence-corrected chi connectivity index (χ1v) is 12.5. The molecule has 0 saturated carbocycles. The van der Waals surface area contributed by atoms with Gasteiger partial charge >= 0.3 is 6.09 Å². The van der Waals surface area contributed by atoms with E-state index in [1.807, 2.05) is 31.5 Å². The van der Waals surface area contributed by atoms with E-state index in [2.05, 4.69) is 34.9 Å². The second-order valence-electron chi connectivity index (χ2n) is 7.81. The van der Waals surface area contributed by atoms with Gasteiger partial charge < -0.3 is 15.7 Å². The summed E-state index contributed by atoms with van der Waals surface area (Å²) in [5, 5.41) is 18.2. The molecule has 3 N–H and O–H groups in total. The molecule has 0 spiro atoms. The summed E-state index contributed by atoms with van der Waals surface area (Å²) in [5.41, 5.74) is 2.49. The van der Waals surface area contributed by atoms with Crippen LogP contribution in [0, 0.1) is 0 Å². The van der Waals surface area contributed by atoms with Gasteiger partial charge in [0, 0.05) is 35.7 Å². The number of thiophene rings is 1. The zero-order chi connectivity index (χ0) is 22.2. The van der Waals surface area contributed by atoms with Gasteiger partial charge in [0.1, 0.15) is 0 Å². The Morgan fingerprint density at radius 1 is 1.31 bits per heavy atom. The van der Waals surface area contributed by atoms with Crippen LogP contribution < -0.4 is 10.6 Å². The molecule has 2 heterocycles. The van der Waals surface area contributed by atoms with E-state index in [9.17, 15) is 14.7 Å². The highest BCUT2D eigenvalue weighted by molar-refractivity contribution is 8.00. The van der Waals surface area contributed by atoms with Crippen LogP contribution in [0.2, 0.25) is 0 Å². The van der Waals surface area contributed by atoms with Crippen LogP contribution in [0.15, 0.2) is 41.8 Å². The van der Waals surface area contributed by atoms with E-state index >= 15 is 0 Å². The quantitative estimate of drug-likeness (QED) is 0.405. The Bertz CT molecular complexity index is 849. The number of nitrogens with one attached hydrogen (secondary N) is 2. The van der Waals surface area contributed by atoms with Crippen LogP contribution in [-0.2, 0) is 17.8 Å². The molecular formula is C23H32ClN3O3S2. The molecule has 1 saturated heterocycles. The monoisotopic (exact) mass is 497 g/mol. The van der Waals surface area contributed by atoms with Gasteiger partial charge in [-0.05, 0) is 55.8 Å². The molecule has 9 heteroatoms. The zero-order valence-corrected chi connectivity index (χ0v) is 20.9. The first-order chi connectivity index (χ1) is 15.0. The van der Waals surface area contributed by atoms with Gasteiger partial charge in [0.25, 0.3) is 0 Å². The van der Waals surface area contributed by atoms with Crippen molar-refractivity contribution in [2.75, 3.05) is 13.6 Å². The minimum atomic E-state index is -1.16. The van der Waals surface area contributed by atoms with Gasteiger partial charge in [-0.1, -0.05) is 30.3 Å². The number of aryl methyl sites for hydroxylation is 1. The van der Waals surface area contributed by atoms with Crippen molar-refractivity contribution in [1.29, 1.82) is 0 Å². The van der Waals surface area contributed by atoms with Crippen molar-refractivity contribution < 1.29 is 14.7 Å². The molecule has 2 amide bonds. The number of thioether (sulfide) groups is 1. The van der Waals surface area contributed by atoms with Crippen LogP contribution in [0.5, 0.6) is 0 Å². The molecule has 1 aliphatic rings. The minimum absolute atomic E-state index is 0. The average molecular weight is 498 g/mol. The molecule has 1 fully saturated rings. The molecule has 2 aromatic rings. The predicted molar refractivity (Wildman–Crippen MR) is 135 cm³/mol. The smallest absolute Gasteiger partial charge is 0.415 e. The van der Waals surface area contributed by atoms with Crippen LogP contribution in [0.4, 0.5) is 4.79 Å². The lowest BCUT2D eigenvalue weighted by molar-refractivity contribution is -0.129. The van der Waals surface area contributed by atoms with E-state index in [4.69, 9.17) is 0 Å². The van der Waals surface area contributed by atoms with Gasteiger partial charge in [-0.25, -0.2) is 9.69 Å². The number of nitrogens with zero attached hydrogens (tertiary/aromatic N) is 1. The highest BCUT2D eigenvalue weighted by atomic mass is 35.5. The number of imide groups is 1. The summed E-state index contributed by atoms with van der Waals surface area (Å²) in [6, 6.07) is 12.9. The largest absolute Gasteiger partial charge is 0.465 e. The normalized spacial score (nSPS) is 18.7. The molecular weight excluding hydrogens is 466 g/mol. The molecule has 0 bridgehead atoms. The van der Waals surface area contributed by atoms with Crippen molar-refractivity contribution in [3.8, 4) is 0 Å². The summed E-state index contributed by atoms with van der Waals surface area (Å²) < 4.78 is 0. The lowest BCUT2D eigenvalue weighted by Gasteiger charge is -2.26. The van der Waals surface area contributed by atoms with E-state index in [1.54, 1.807) is 23.1 Å². The third-order valence-electron chi connectivity index (χ3n) is 5.48. The molecule has 1 aliphatic heterocycles. The number of carbonyl (C=O) groups excluding carboxylic acids is 1. The second kappa shape index (κ2) is 13.2. The fourth-order valence-corrected chi connectivity index (χ4v) is 6.06. The number of amides is 2. The van der Waals surface area contributed by atoms with Crippen LogP contribution in [0.1, 0.15) is 48.2 Å². The van der Waals surface area contributed by atoms with Crippen LogP contribution in [0.25, 0.3) is 0 Å². The standard InChI is InChI=1S/C23H31N3O3S2.ClH/c1-16(26(23(28)29)22(27)7-3-5-19-6-4-12-30-19)31-20-13-21(25-15-20)18-10-8-17(9-11-18)14-24-2;/h4,6,8-12,16,20-21,24-25H,3,5,7,13-15H2,1-2H3,(H,28,29);1H/t16-,20-,21-;/m0./s1. The Hall–Kier alpha value is -1.58. The molecule has 3 atom stereocenters. The van der Waals surface area contributed by atoms with Gasteiger partial charge in [-0.15, -0.1) is 35.5 Å². The number of carbonyl (C=O) groups is 2. The number of rotatable bonds is 10. The van der Waals surface area contributed by atoms with Crippen LogP contribution in [-0.4, -0.2) is 46.2 Å². The minimum Gasteiger partial charge on any atom is -0.465 e. The summed E-state index contributed by atoms with van der Waals surface area (Å²) >= 11 is 3.23. The summed E-state index contributed by atoms with van der Waals surface area (Å²) in [5.74, 6) is -0.313. The van der Waals surface area contributed by atoms with Crippen molar-refractivity contribution in [2.45, 2.75) is 55.8 Å². The van der Waals surface area contributed by atoms with Crippen molar-refractivity contribution in [3.63, 3.8) is 0 Å². The topological polar surface area (TPSA) is 81.7 Å². The Morgan fingerprint density at radius 2 is 2.06 bits per heavy atom. The van der Waals surface area contributed by atoms with E-state index in [1.165, 1.54) is 16.0 Å². The lowest BCUT2D eigenvalue weighted by Crippen LogP contribution is -2.41. The summed E-state index contributed by atoms with van der Waals surface area (Å²) in [4.78, 5) is 26.6. The summed E-state index contributed by atoms with van der Waals surface area (Å²) in [7, 11) is 1.93. The first-order valence-electron chi connectivity index (χ1n) is 10.7. The number of hydrogen-bond acceptors (Lipinski definition) is 6. The van der Waals surface area contributed by atoms with E-state index < -0.39 is 11.5 Å². The molecule has 0 radical (unpaired) electrons. The fraction of sp³-hybridized carbons (Fsp3) is 0.478. The molecule has 0 aliphatic carbocycles. The maximum Gasteiger partial charge on any atom is 0.415 e. The van der Waals surface area contributed by atoms with Crippen molar-refractivity contribution in [3.05, 3.63) is 57.8 Å². The van der Waals surface area contributed by atoms with Gasteiger partial charge in [-0.3, -0.25) is 4.79 Å². The fourth-order valence-electron chi connectivity index (χ4n) is 3.93. The van der Waals surface area contributed by atoms with Gasteiger partial charge in [-0.2, -0.15) is 0 Å². The Morgan fingerprint density at radius 3 is 2.69 bits per heavy atom. The number of benzene rings is 1. The number of halogens is 1. The highest BCUT2D eigenvalue weighted by Gasteiger charge is 2.32. The molecule has 3 rings (SSSR count). The molecule has 6 nitrogen and oxygen atoms in total. The molecule has 1 aromatic heterocycles. The number of carboxylic acid groups (broad SMARTS) is 1. The zero-order valence-electron chi connectivity index (χ0n) is 18.5. The van der Waals surface area contributed by atoms with Gasteiger partial charge in [0.2, 0.25) is 5.91 Å². The number of hydrogen-bond donors (Lipinski definition) is 3. The van der Waals surface area contributed by atoms with Crippen molar-refractivity contribution >= 4 is 47.5 Å². The molecule has 0 unspecified atom stereocenters. The van der Waals surface area contributed by atoms with Gasteiger partial charge in [0.05, 0.1) is 5.37 Å². The highest BCUT2D eigenvalue weighted by Crippen LogP contribution is 2.33. The Balaban J connectivity index is 0.00000363. The van der Waals surface area contributed by atoms with Crippen LogP contribution in [0.3, 0.4) is 0 Å². The summed E-state index contributed by atoms with van der Waals surface area (Å²) in [6.07, 6.45) is 1.47. The maximum absolute atomic E-state index is 12.6. The Labute approximate surface area is 204 Å². The average Bonchev–Trinajstić information content (AvgIpc) is 3.41. The first kappa shape index (κ1) is 26.7. The van der Waals surface area contributed by atoms with E-state index in [0.29, 0.717) is 6.42 Å². The van der Waals surface area contributed by atoms with Crippen molar-refractivity contribution in [1.82, 2.24) is 15.5 Å². The maximum atomic E-state index is 12.6. The van der Waals surface area contributed by atoms with Crippen molar-refractivity contribution in [2.24, 2.45) is 0 Å². The van der Waals surface area contributed by atoms with Crippen LogP contribution >= 0.6 is 35.5 Å². The predicted octanol–water partition coefficient (Wildman–Crippen LogP) is 4.90. The molecule has 32 heavy (non-hydrogen) atoms. The molecule has 176 valence electrons. The van der Waals surface area contributed by atoms with Gasteiger partial charge in [0.15, 0.2) is 0 Å². The SMILES string of the molecule is CNCc1ccc([C@@H]2C[C@H](S[C@@H](C)N(C(=O)O)C(=O)CCCc3cccs3)CN2)cc1.Cl. The third-order valence-corrected chi connectivity index (χ3v) is 7.76. The molecule has 1 aromatic carbocycles. The second-order valence-corrected chi connectivity index (χ2v) is 10.5. The van der Waals surface area contributed by atoms with E-state index in [-0.39, 0.29) is 36.0 Å². The summed E-state index contributed by atoms with van der Waals surface area (Å²) in [6.45, 7) is 3.47.